The van der Waals surface area contributed by atoms with E-state index in [0.29, 0.717) is 26.1 Å². The summed E-state index contributed by atoms with van der Waals surface area (Å²) in [6.45, 7) is 3.92. The van der Waals surface area contributed by atoms with Crippen LogP contribution in [0.1, 0.15) is 56.6 Å². The Morgan fingerprint density at radius 2 is 1.66 bits per heavy atom. The van der Waals surface area contributed by atoms with E-state index in [2.05, 4.69) is 12.1 Å². The molecule has 0 atom stereocenters. The maximum absolute atomic E-state index is 13.2. The number of rotatable bonds is 12. The number of hydrogen-bond acceptors (Lipinski definition) is 4. The third-order valence-corrected chi connectivity index (χ3v) is 6.32. The summed E-state index contributed by atoms with van der Waals surface area (Å²) in [4.78, 5) is 15.2. The van der Waals surface area contributed by atoms with E-state index < -0.39 is 0 Å². The van der Waals surface area contributed by atoms with Gasteiger partial charge < -0.3 is 19.1 Å². The molecule has 0 N–H and O–H groups in total. The lowest BCUT2D eigenvalue weighted by atomic mass is 10.0. The average Bonchev–Trinajstić information content (AvgIpc) is 3.35. The summed E-state index contributed by atoms with van der Waals surface area (Å²) >= 11 is 0. The molecule has 0 spiro atoms. The molecule has 0 bridgehead atoms. The highest BCUT2D eigenvalue weighted by Crippen LogP contribution is 2.30. The maximum atomic E-state index is 13.2. The van der Waals surface area contributed by atoms with E-state index in [0.717, 1.165) is 47.1 Å². The van der Waals surface area contributed by atoms with Gasteiger partial charge in [0.05, 0.1) is 20.8 Å². The van der Waals surface area contributed by atoms with Crippen LogP contribution in [0.4, 0.5) is 0 Å². The van der Waals surface area contributed by atoms with E-state index in [1.807, 2.05) is 42.2 Å². The molecule has 0 saturated heterocycles. The molecule has 5 heteroatoms. The maximum Gasteiger partial charge on any atom is 0.222 e. The highest BCUT2D eigenvalue weighted by molar-refractivity contribution is 5.76. The van der Waals surface area contributed by atoms with Gasteiger partial charge in [0.25, 0.3) is 0 Å². The van der Waals surface area contributed by atoms with Crippen molar-refractivity contribution in [3.8, 4) is 17.2 Å². The minimum atomic E-state index is 0.242. The molecule has 5 nitrogen and oxygen atoms in total. The van der Waals surface area contributed by atoms with Crippen LogP contribution in [-0.2, 0) is 17.8 Å². The van der Waals surface area contributed by atoms with Crippen LogP contribution < -0.4 is 14.2 Å². The van der Waals surface area contributed by atoms with E-state index in [4.69, 9.17) is 14.2 Å². The molecule has 1 saturated carbocycles. The van der Waals surface area contributed by atoms with Crippen LogP contribution in [0, 0.1) is 5.92 Å². The number of carbonyl (C=O) groups is 1. The summed E-state index contributed by atoms with van der Waals surface area (Å²) < 4.78 is 16.3. The third kappa shape index (κ3) is 6.91. The molecule has 32 heavy (non-hydrogen) atoms. The van der Waals surface area contributed by atoms with Gasteiger partial charge in [0.2, 0.25) is 5.91 Å². The predicted molar refractivity (Wildman–Crippen MR) is 127 cm³/mol. The van der Waals surface area contributed by atoms with Crippen molar-refractivity contribution >= 4 is 5.91 Å². The molecule has 0 aliphatic heterocycles. The number of hydrogen-bond donors (Lipinski definition) is 0. The Morgan fingerprint density at radius 1 is 0.969 bits per heavy atom. The van der Waals surface area contributed by atoms with Crippen molar-refractivity contribution < 1.29 is 19.0 Å². The van der Waals surface area contributed by atoms with Gasteiger partial charge in [-0.1, -0.05) is 43.9 Å². The molecule has 1 aliphatic carbocycles. The predicted octanol–water partition coefficient (Wildman–Crippen LogP) is 5.64. The monoisotopic (exact) mass is 439 g/mol. The Bertz CT molecular complexity index is 843. The van der Waals surface area contributed by atoms with Gasteiger partial charge in [0.15, 0.2) is 11.5 Å². The highest BCUT2D eigenvalue weighted by Gasteiger charge is 2.20. The number of methoxy groups -OCH3 is 2. The first-order valence-corrected chi connectivity index (χ1v) is 11.8. The van der Waals surface area contributed by atoms with Gasteiger partial charge in [0, 0.05) is 19.5 Å². The second-order valence-corrected chi connectivity index (χ2v) is 8.52. The molecule has 2 aromatic rings. The fourth-order valence-corrected chi connectivity index (χ4v) is 4.46. The SMILES string of the molecule is CCOc1ccc(CN(CCc2ccc(OC)c(OC)c2)C(=O)CCC2CCCC2)cc1. The van der Waals surface area contributed by atoms with Crippen molar-refractivity contribution in [3.05, 3.63) is 53.6 Å². The molecule has 0 heterocycles. The number of carbonyl (C=O) groups excluding carboxylic acids is 1. The Labute approximate surface area is 192 Å². The van der Waals surface area contributed by atoms with Gasteiger partial charge >= 0.3 is 0 Å². The van der Waals surface area contributed by atoms with Gasteiger partial charge in [0.1, 0.15) is 5.75 Å². The zero-order chi connectivity index (χ0) is 22.8. The van der Waals surface area contributed by atoms with E-state index in [9.17, 15) is 4.79 Å². The van der Waals surface area contributed by atoms with E-state index >= 15 is 0 Å². The minimum Gasteiger partial charge on any atom is -0.494 e. The molecule has 3 rings (SSSR count). The van der Waals surface area contributed by atoms with Gasteiger partial charge in [-0.15, -0.1) is 0 Å². The van der Waals surface area contributed by atoms with Crippen LogP contribution >= 0.6 is 0 Å². The first kappa shape index (κ1) is 24.0. The molecule has 2 aromatic carbocycles. The highest BCUT2D eigenvalue weighted by atomic mass is 16.5. The zero-order valence-electron chi connectivity index (χ0n) is 19.8. The van der Waals surface area contributed by atoms with Crippen LogP contribution in [0.3, 0.4) is 0 Å². The normalized spacial score (nSPS) is 13.7. The summed E-state index contributed by atoms with van der Waals surface area (Å²) in [5.74, 6) is 3.26. The fraction of sp³-hybridized carbons (Fsp3) is 0.519. The second kappa shape index (κ2) is 12.4. The Hall–Kier alpha value is -2.69. The van der Waals surface area contributed by atoms with Crippen molar-refractivity contribution in [2.45, 2.75) is 58.4 Å². The number of amides is 1. The first-order valence-electron chi connectivity index (χ1n) is 11.8. The topological polar surface area (TPSA) is 48.0 Å². The minimum absolute atomic E-state index is 0.242. The third-order valence-electron chi connectivity index (χ3n) is 6.32. The van der Waals surface area contributed by atoms with Crippen LogP contribution in [0.25, 0.3) is 0 Å². The van der Waals surface area contributed by atoms with E-state index in [1.54, 1.807) is 14.2 Å². The first-order chi connectivity index (χ1) is 15.6. The molecular formula is C27H37NO4. The molecule has 1 fully saturated rings. The van der Waals surface area contributed by atoms with Crippen molar-refractivity contribution in [1.29, 1.82) is 0 Å². The van der Waals surface area contributed by atoms with Crippen molar-refractivity contribution in [2.75, 3.05) is 27.4 Å². The zero-order valence-corrected chi connectivity index (χ0v) is 19.8. The Kier molecular flexibility index (Phi) is 9.27. The van der Waals surface area contributed by atoms with Gasteiger partial charge in [-0.2, -0.15) is 0 Å². The lowest BCUT2D eigenvalue weighted by Crippen LogP contribution is -2.32. The Morgan fingerprint density at radius 3 is 2.31 bits per heavy atom. The number of ether oxygens (including phenoxy) is 3. The molecule has 174 valence electrons. The van der Waals surface area contributed by atoms with Crippen molar-refractivity contribution in [1.82, 2.24) is 4.90 Å². The quantitative estimate of drug-likeness (QED) is 0.429. The molecule has 0 radical (unpaired) electrons. The summed E-state index contributed by atoms with van der Waals surface area (Å²) in [7, 11) is 3.28. The molecule has 1 amide bonds. The van der Waals surface area contributed by atoms with Crippen molar-refractivity contribution in [3.63, 3.8) is 0 Å². The summed E-state index contributed by atoms with van der Waals surface area (Å²) in [5.41, 5.74) is 2.25. The standard InChI is InChI=1S/C27H37NO4/c1-4-32-24-13-9-23(10-14-24)20-28(27(29)16-12-21-7-5-6-8-21)18-17-22-11-15-25(30-2)26(19-22)31-3/h9-11,13-15,19,21H,4-8,12,16-18,20H2,1-3H3. The smallest absolute Gasteiger partial charge is 0.222 e. The molecule has 1 aliphatic rings. The van der Waals surface area contributed by atoms with Crippen LogP contribution in [-0.4, -0.2) is 38.2 Å². The molecule has 0 unspecified atom stereocenters. The van der Waals surface area contributed by atoms with Crippen molar-refractivity contribution in [2.24, 2.45) is 5.92 Å². The Balaban J connectivity index is 1.66. The van der Waals surface area contributed by atoms with Gasteiger partial charge in [-0.3, -0.25) is 4.79 Å². The van der Waals surface area contributed by atoms with Crippen LogP contribution in [0.15, 0.2) is 42.5 Å². The van der Waals surface area contributed by atoms with Gasteiger partial charge in [-0.05, 0) is 61.1 Å². The number of nitrogens with zero attached hydrogens (tertiary/aromatic N) is 1. The summed E-state index contributed by atoms with van der Waals surface area (Å²) in [6.07, 6.45) is 7.59. The summed E-state index contributed by atoms with van der Waals surface area (Å²) in [6, 6.07) is 14.0. The van der Waals surface area contributed by atoms with Crippen LogP contribution in [0.2, 0.25) is 0 Å². The number of benzene rings is 2. The fourth-order valence-electron chi connectivity index (χ4n) is 4.46. The lowest BCUT2D eigenvalue weighted by Gasteiger charge is -2.24. The van der Waals surface area contributed by atoms with Gasteiger partial charge in [-0.25, -0.2) is 0 Å². The van der Waals surface area contributed by atoms with E-state index in [1.165, 1.54) is 25.7 Å². The molecule has 0 aromatic heterocycles. The largest absolute Gasteiger partial charge is 0.494 e. The molecular weight excluding hydrogens is 402 g/mol. The average molecular weight is 440 g/mol. The second-order valence-electron chi connectivity index (χ2n) is 8.52. The van der Waals surface area contributed by atoms with E-state index in [-0.39, 0.29) is 5.91 Å². The van der Waals surface area contributed by atoms with Crippen LogP contribution in [0.5, 0.6) is 17.2 Å². The summed E-state index contributed by atoms with van der Waals surface area (Å²) in [5, 5.41) is 0. The lowest BCUT2D eigenvalue weighted by molar-refractivity contribution is -0.132.